The molecular weight excluding hydrogens is 252 g/mol. The summed E-state index contributed by atoms with van der Waals surface area (Å²) in [7, 11) is 0. The molecule has 1 aliphatic rings. The Morgan fingerprint density at radius 3 is 2.70 bits per heavy atom. The van der Waals surface area contributed by atoms with E-state index in [1.54, 1.807) is 24.3 Å². The van der Waals surface area contributed by atoms with Crippen molar-refractivity contribution in [3.8, 4) is 6.07 Å². The summed E-state index contributed by atoms with van der Waals surface area (Å²) < 4.78 is 0. The number of likely N-dealkylation sites (tertiary alicyclic amines) is 1. The van der Waals surface area contributed by atoms with E-state index in [0.717, 1.165) is 24.9 Å². The van der Waals surface area contributed by atoms with E-state index < -0.39 is 6.10 Å². The van der Waals surface area contributed by atoms with Crippen molar-refractivity contribution in [3.05, 3.63) is 35.4 Å². The smallest absolute Gasteiger partial charge is 0.0991 e. The molecule has 1 aromatic rings. The average Bonchev–Trinajstić information content (AvgIpc) is 2.47. The van der Waals surface area contributed by atoms with Crippen LogP contribution < -0.4 is 0 Å². The monoisotopic (exact) mass is 274 g/mol. The van der Waals surface area contributed by atoms with Crippen LogP contribution in [0.5, 0.6) is 0 Å². The molecule has 2 rings (SSSR count). The van der Waals surface area contributed by atoms with Gasteiger partial charge in [0.1, 0.15) is 0 Å². The molecule has 0 aromatic heterocycles. The molecule has 1 aliphatic heterocycles. The summed E-state index contributed by atoms with van der Waals surface area (Å²) in [6.07, 6.45) is 1.66. The Balaban J connectivity index is 2.02. The summed E-state index contributed by atoms with van der Waals surface area (Å²) in [4.78, 5) is 2.18. The van der Waals surface area contributed by atoms with E-state index in [-0.39, 0.29) is 12.6 Å². The van der Waals surface area contributed by atoms with Crippen LogP contribution in [0.1, 0.15) is 37.0 Å². The van der Waals surface area contributed by atoms with Gasteiger partial charge < -0.3 is 10.2 Å². The van der Waals surface area contributed by atoms with Gasteiger partial charge in [0, 0.05) is 12.6 Å². The molecule has 3 atom stereocenters. The second-order valence-corrected chi connectivity index (χ2v) is 5.61. The molecular formula is C16H22N2O2. The lowest BCUT2D eigenvalue weighted by Gasteiger charge is -2.40. The molecule has 0 radical (unpaired) electrons. The molecule has 0 bridgehead atoms. The van der Waals surface area contributed by atoms with Crippen molar-refractivity contribution in [1.29, 1.82) is 5.26 Å². The van der Waals surface area contributed by atoms with Crippen LogP contribution in [0.15, 0.2) is 24.3 Å². The van der Waals surface area contributed by atoms with Gasteiger partial charge in [-0.1, -0.05) is 19.1 Å². The first-order chi connectivity index (χ1) is 9.65. The van der Waals surface area contributed by atoms with E-state index in [1.165, 1.54) is 0 Å². The summed E-state index contributed by atoms with van der Waals surface area (Å²) in [5.74, 6) is 0.460. The number of benzene rings is 1. The Morgan fingerprint density at radius 1 is 1.40 bits per heavy atom. The van der Waals surface area contributed by atoms with Crippen molar-refractivity contribution in [3.63, 3.8) is 0 Å². The van der Waals surface area contributed by atoms with Crippen molar-refractivity contribution in [2.45, 2.75) is 31.9 Å². The summed E-state index contributed by atoms with van der Waals surface area (Å²) in [6.45, 7) is 3.74. The molecule has 0 amide bonds. The summed E-state index contributed by atoms with van der Waals surface area (Å²) in [5.41, 5.74) is 1.42. The van der Waals surface area contributed by atoms with Gasteiger partial charge in [0.05, 0.1) is 24.3 Å². The molecule has 0 saturated carbocycles. The van der Waals surface area contributed by atoms with Gasteiger partial charge in [-0.05, 0) is 43.0 Å². The van der Waals surface area contributed by atoms with Crippen LogP contribution in [0.3, 0.4) is 0 Å². The number of hydrogen-bond acceptors (Lipinski definition) is 4. The Hall–Kier alpha value is -1.41. The van der Waals surface area contributed by atoms with Crippen LogP contribution in [0.4, 0.5) is 0 Å². The lowest BCUT2D eigenvalue weighted by Crippen LogP contribution is -2.48. The van der Waals surface area contributed by atoms with E-state index in [9.17, 15) is 10.2 Å². The zero-order valence-electron chi connectivity index (χ0n) is 11.9. The maximum Gasteiger partial charge on any atom is 0.0991 e. The SMILES string of the molecule is CC1CCCN(CC(O)c2ccc(C#N)cc2)C1CO. The fourth-order valence-corrected chi connectivity index (χ4v) is 2.96. The van der Waals surface area contributed by atoms with Gasteiger partial charge in [0.2, 0.25) is 0 Å². The molecule has 4 heteroatoms. The van der Waals surface area contributed by atoms with E-state index in [0.29, 0.717) is 18.0 Å². The standard InChI is InChI=1S/C16H22N2O2/c1-12-3-2-8-18(15(12)11-19)10-16(20)14-6-4-13(9-17)5-7-14/h4-7,12,15-16,19-20H,2-3,8,10-11H2,1H3. The van der Waals surface area contributed by atoms with Gasteiger partial charge in [-0.25, -0.2) is 0 Å². The van der Waals surface area contributed by atoms with Crippen molar-refractivity contribution < 1.29 is 10.2 Å². The topological polar surface area (TPSA) is 67.5 Å². The van der Waals surface area contributed by atoms with Crippen LogP contribution in [0, 0.1) is 17.2 Å². The second kappa shape index (κ2) is 6.85. The number of aliphatic hydroxyl groups is 2. The maximum atomic E-state index is 10.3. The first-order valence-corrected chi connectivity index (χ1v) is 7.18. The highest BCUT2D eigenvalue weighted by Crippen LogP contribution is 2.25. The molecule has 4 nitrogen and oxygen atoms in total. The van der Waals surface area contributed by atoms with Gasteiger partial charge in [-0.2, -0.15) is 5.26 Å². The maximum absolute atomic E-state index is 10.3. The predicted octanol–water partition coefficient (Wildman–Crippen LogP) is 1.68. The zero-order chi connectivity index (χ0) is 14.5. The van der Waals surface area contributed by atoms with E-state index in [4.69, 9.17) is 5.26 Å². The van der Waals surface area contributed by atoms with Crippen LogP contribution in [0.2, 0.25) is 0 Å². The Labute approximate surface area is 120 Å². The van der Waals surface area contributed by atoms with Gasteiger partial charge in [-0.3, -0.25) is 4.90 Å². The Bertz CT molecular complexity index is 466. The summed E-state index contributed by atoms with van der Waals surface area (Å²) in [5, 5.41) is 28.6. The van der Waals surface area contributed by atoms with Gasteiger partial charge >= 0.3 is 0 Å². The fourth-order valence-electron chi connectivity index (χ4n) is 2.96. The normalized spacial score (nSPS) is 25.1. The number of rotatable bonds is 4. The Kier molecular flexibility index (Phi) is 5.13. The average molecular weight is 274 g/mol. The minimum absolute atomic E-state index is 0.136. The van der Waals surface area contributed by atoms with Crippen LogP contribution >= 0.6 is 0 Å². The lowest BCUT2D eigenvalue weighted by atomic mass is 9.90. The van der Waals surface area contributed by atoms with Crippen LogP contribution in [-0.2, 0) is 0 Å². The van der Waals surface area contributed by atoms with Crippen molar-refractivity contribution in [2.24, 2.45) is 5.92 Å². The van der Waals surface area contributed by atoms with Crippen LogP contribution in [-0.4, -0.2) is 40.9 Å². The third-order valence-corrected chi connectivity index (χ3v) is 4.25. The summed E-state index contributed by atoms with van der Waals surface area (Å²) in [6, 6.07) is 9.25. The molecule has 1 heterocycles. The minimum Gasteiger partial charge on any atom is -0.395 e. The van der Waals surface area contributed by atoms with Gasteiger partial charge in [-0.15, -0.1) is 0 Å². The molecule has 3 unspecified atom stereocenters. The van der Waals surface area contributed by atoms with E-state index in [2.05, 4.69) is 17.9 Å². The van der Waals surface area contributed by atoms with Gasteiger partial charge in [0.25, 0.3) is 0 Å². The molecule has 108 valence electrons. The molecule has 0 spiro atoms. The third-order valence-electron chi connectivity index (χ3n) is 4.25. The number of piperidine rings is 1. The quantitative estimate of drug-likeness (QED) is 0.876. The number of nitrogens with zero attached hydrogens (tertiary/aromatic N) is 2. The molecule has 1 fully saturated rings. The second-order valence-electron chi connectivity index (χ2n) is 5.61. The highest BCUT2D eigenvalue weighted by Gasteiger charge is 2.29. The number of nitriles is 1. The largest absolute Gasteiger partial charge is 0.395 e. The van der Waals surface area contributed by atoms with E-state index >= 15 is 0 Å². The van der Waals surface area contributed by atoms with Crippen molar-refractivity contribution in [1.82, 2.24) is 4.90 Å². The highest BCUT2D eigenvalue weighted by atomic mass is 16.3. The van der Waals surface area contributed by atoms with E-state index in [1.807, 2.05) is 0 Å². The molecule has 1 aromatic carbocycles. The Morgan fingerprint density at radius 2 is 2.10 bits per heavy atom. The first kappa shape index (κ1) is 15.0. The number of β-amino-alcohol motifs (C(OH)–C–C–N with tert-alkyl or cyclic N) is 1. The lowest BCUT2D eigenvalue weighted by molar-refractivity contribution is 0.0166. The predicted molar refractivity (Wildman–Crippen MR) is 77.0 cm³/mol. The van der Waals surface area contributed by atoms with Crippen molar-refractivity contribution >= 4 is 0 Å². The summed E-state index contributed by atoms with van der Waals surface area (Å²) >= 11 is 0. The molecule has 20 heavy (non-hydrogen) atoms. The molecule has 1 saturated heterocycles. The van der Waals surface area contributed by atoms with Crippen LogP contribution in [0.25, 0.3) is 0 Å². The van der Waals surface area contributed by atoms with Gasteiger partial charge in [0.15, 0.2) is 0 Å². The molecule has 0 aliphatic carbocycles. The third kappa shape index (κ3) is 3.37. The fraction of sp³-hybridized carbons (Fsp3) is 0.562. The molecule has 2 N–H and O–H groups in total. The number of hydrogen-bond donors (Lipinski definition) is 2. The highest BCUT2D eigenvalue weighted by molar-refractivity contribution is 5.32. The first-order valence-electron chi connectivity index (χ1n) is 7.18. The minimum atomic E-state index is -0.581. The number of aliphatic hydroxyl groups excluding tert-OH is 2. The van der Waals surface area contributed by atoms with Crippen molar-refractivity contribution in [2.75, 3.05) is 19.7 Å². The zero-order valence-corrected chi connectivity index (χ0v) is 11.9.